The zero-order valence-corrected chi connectivity index (χ0v) is 20.5. The van der Waals surface area contributed by atoms with Gasteiger partial charge >= 0.3 is 12.2 Å². The number of aromatic nitrogens is 2. The summed E-state index contributed by atoms with van der Waals surface area (Å²) in [5.74, 6) is -0.0779. The van der Waals surface area contributed by atoms with Crippen molar-refractivity contribution >= 4 is 46.5 Å². The Morgan fingerprint density at radius 1 is 1.05 bits per heavy atom. The molecule has 198 valence electrons. The van der Waals surface area contributed by atoms with Gasteiger partial charge in [0.1, 0.15) is 5.82 Å². The zero-order valence-electron chi connectivity index (χ0n) is 20.5. The normalized spacial score (nSPS) is 12.9. The minimum Gasteiger partial charge on any atom is -0.399 e. The van der Waals surface area contributed by atoms with Crippen molar-refractivity contribution in [3.05, 3.63) is 95.2 Å². The van der Waals surface area contributed by atoms with E-state index < -0.39 is 23.7 Å². The van der Waals surface area contributed by atoms with Gasteiger partial charge in [0.25, 0.3) is 5.91 Å². The molecule has 0 aliphatic carbocycles. The van der Waals surface area contributed by atoms with Crippen LogP contribution in [-0.2, 0) is 12.7 Å². The lowest BCUT2D eigenvalue weighted by molar-refractivity contribution is -0.137. The van der Waals surface area contributed by atoms with Gasteiger partial charge in [-0.15, -0.1) is 0 Å². The van der Waals surface area contributed by atoms with Crippen molar-refractivity contribution in [2.24, 2.45) is 0 Å². The third-order valence-corrected chi connectivity index (χ3v) is 6.02. The Bertz CT molecular complexity index is 1590. The van der Waals surface area contributed by atoms with E-state index in [4.69, 9.17) is 5.73 Å². The molecular weight excluding hydrogens is 511 g/mol. The van der Waals surface area contributed by atoms with E-state index in [-0.39, 0.29) is 18.1 Å². The first-order valence-electron chi connectivity index (χ1n) is 11.7. The number of fused-ring (bicyclic) bond motifs is 1. The molecule has 1 aliphatic rings. The monoisotopic (exact) mass is 533 g/mol. The molecule has 0 spiro atoms. The molecule has 2 heterocycles. The average molecular weight is 534 g/mol. The van der Waals surface area contributed by atoms with Gasteiger partial charge in [0.05, 0.1) is 17.8 Å². The number of benzene rings is 3. The van der Waals surface area contributed by atoms with Crippen LogP contribution in [0.25, 0.3) is 0 Å². The molecule has 12 heteroatoms. The molecule has 3 amide bonds. The molecule has 9 nitrogen and oxygen atoms in total. The van der Waals surface area contributed by atoms with Crippen LogP contribution < -0.4 is 26.6 Å². The van der Waals surface area contributed by atoms with Crippen molar-refractivity contribution in [3.8, 4) is 0 Å². The summed E-state index contributed by atoms with van der Waals surface area (Å²) in [6.45, 7) is 1.96. The van der Waals surface area contributed by atoms with Gasteiger partial charge in [-0.25, -0.2) is 9.78 Å². The lowest BCUT2D eigenvalue weighted by atomic mass is 10.1. The number of hydrogen-bond donors (Lipinski definition) is 4. The topological polar surface area (TPSA) is 125 Å². The van der Waals surface area contributed by atoms with Crippen molar-refractivity contribution < 1.29 is 22.8 Å². The Labute approximate surface area is 220 Å². The van der Waals surface area contributed by atoms with Crippen molar-refractivity contribution in [1.29, 1.82) is 0 Å². The van der Waals surface area contributed by atoms with Crippen LogP contribution >= 0.6 is 0 Å². The number of nitrogens with one attached hydrogen (secondary N) is 3. The molecule has 1 aliphatic heterocycles. The molecule has 3 aromatic carbocycles. The highest BCUT2D eigenvalue weighted by atomic mass is 19.4. The molecular formula is C27H22F3N7O2. The maximum absolute atomic E-state index is 13.0. The summed E-state index contributed by atoms with van der Waals surface area (Å²) in [4.78, 5) is 35.9. The van der Waals surface area contributed by atoms with E-state index >= 15 is 0 Å². The fourth-order valence-electron chi connectivity index (χ4n) is 4.06. The van der Waals surface area contributed by atoms with Gasteiger partial charge in [-0.2, -0.15) is 18.2 Å². The van der Waals surface area contributed by atoms with Crippen LogP contribution in [0, 0.1) is 6.92 Å². The van der Waals surface area contributed by atoms with Crippen LogP contribution in [0.2, 0.25) is 0 Å². The summed E-state index contributed by atoms with van der Waals surface area (Å²) in [7, 11) is 0. The largest absolute Gasteiger partial charge is 0.416 e. The van der Waals surface area contributed by atoms with Gasteiger partial charge in [-0.3, -0.25) is 15.0 Å². The standard InChI is InChI=1S/C27H22F3N7O2/c1-15-8-9-21(33-24(38)16-4-2-5-18(10-16)27(28,29)30)12-22(15)37-14-17-13-32-25(35-23(17)36-26(37)39)34-20-7-3-6-19(31)11-20/h2-13H,14,31H2,1H3,(H,33,38)(H2,32,34,35,36,39). The van der Waals surface area contributed by atoms with Crippen molar-refractivity contribution in [3.63, 3.8) is 0 Å². The smallest absolute Gasteiger partial charge is 0.399 e. The van der Waals surface area contributed by atoms with Crippen LogP contribution in [0.1, 0.15) is 27.0 Å². The second kappa shape index (κ2) is 9.97. The quantitative estimate of drug-likeness (QED) is 0.236. The Kier molecular flexibility index (Phi) is 6.52. The summed E-state index contributed by atoms with van der Waals surface area (Å²) < 4.78 is 39.1. The van der Waals surface area contributed by atoms with Gasteiger partial charge in [-0.05, 0) is 61.0 Å². The van der Waals surface area contributed by atoms with Gasteiger partial charge in [0.15, 0.2) is 0 Å². The number of carbonyl (C=O) groups is 2. The lowest BCUT2D eigenvalue weighted by Gasteiger charge is -2.30. The van der Waals surface area contributed by atoms with Crippen LogP contribution in [0.3, 0.4) is 0 Å². The number of nitrogens with two attached hydrogens (primary N) is 1. The van der Waals surface area contributed by atoms with E-state index in [0.717, 1.165) is 17.7 Å². The SMILES string of the molecule is Cc1ccc(NC(=O)c2cccc(C(F)(F)F)c2)cc1N1Cc2cnc(Nc3cccc(N)c3)nc2NC1=O. The molecule has 39 heavy (non-hydrogen) atoms. The Morgan fingerprint density at radius 3 is 2.62 bits per heavy atom. The Balaban J connectivity index is 1.35. The first kappa shape index (κ1) is 25.5. The number of nitrogen functional groups attached to an aromatic ring is 1. The number of urea groups is 1. The fourth-order valence-corrected chi connectivity index (χ4v) is 4.06. The number of hydrogen-bond acceptors (Lipinski definition) is 6. The van der Waals surface area contributed by atoms with E-state index in [1.165, 1.54) is 17.0 Å². The zero-order chi connectivity index (χ0) is 27.7. The Morgan fingerprint density at radius 2 is 1.85 bits per heavy atom. The molecule has 0 bridgehead atoms. The van der Waals surface area contributed by atoms with Gasteiger partial charge in [0.2, 0.25) is 5.95 Å². The summed E-state index contributed by atoms with van der Waals surface area (Å²) in [5.41, 5.74) is 8.23. The van der Waals surface area contributed by atoms with E-state index in [9.17, 15) is 22.8 Å². The first-order valence-corrected chi connectivity index (χ1v) is 11.7. The summed E-state index contributed by atoms with van der Waals surface area (Å²) in [6, 6.07) is 15.7. The van der Waals surface area contributed by atoms with E-state index in [1.54, 1.807) is 55.6 Å². The lowest BCUT2D eigenvalue weighted by Crippen LogP contribution is -2.39. The maximum Gasteiger partial charge on any atom is 0.416 e. The molecule has 0 radical (unpaired) electrons. The number of nitrogens with zero attached hydrogens (tertiary/aromatic N) is 3. The highest BCUT2D eigenvalue weighted by Gasteiger charge is 2.31. The van der Waals surface area contributed by atoms with Crippen molar-refractivity contribution in [2.45, 2.75) is 19.6 Å². The molecule has 5 rings (SSSR count). The Hall–Kier alpha value is -5.13. The van der Waals surface area contributed by atoms with Crippen LogP contribution in [0.15, 0.2) is 72.9 Å². The number of carbonyl (C=O) groups excluding carboxylic acids is 2. The number of rotatable bonds is 5. The number of anilines is 6. The third kappa shape index (κ3) is 5.59. The maximum atomic E-state index is 13.0. The minimum atomic E-state index is -4.57. The second-order valence-electron chi connectivity index (χ2n) is 8.87. The summed E-state index contributed by atoms with van der Waals surface area (Å²) >= 11 is 0. The number of amides is 3. The van der Waals surface area contributed by atoms with Gasteiger partial charge in [0, 0.05) is 34.4 Å². The number of halogens is 3. The molecule has 0 saturated heterocycles. The highest BCUT2D eigenvalue weighted by molar-refractivity contribution is 6.06. The fraction of sp³-hybridized carbons (Fsp3) is 0.111. The van der Waals surface area contributed by atoms with Gasteiger partial charge < -0.3 is 16.4 Å². The third-order valence-electron chi connectivity index (χ3n) is 6.02. The van der Waals surface area contributed by atoms with Crippen LogP contribution in [-0.4, -0.2) is 21.9 Å². The molecule has 0 unspecified atom stereocenters. The van der Waals surface area contributed by atoms with E-state index in [0.29, 0.717) is 34.1 Å². The molecule has 1 aromatic heterocycles. The van der Waals surface area contributed by atoms with E-state index in [1.807, 2.05) is 0 Å². The second-order valence-corrected chi connectivity index (χ2v) is 8.87. The highest BCUT2D eigenvalue weighted by Crippen LogP contribution is 2.32. The van der Waals surface area contributed by atoms with Crippen molar-refractivity contribution in [1.82, 2.24) is 9.97 Å². The van der Waals surface area contributed by atoms with Crippen LogP contribution in [0.4, 0.5) is 52.5 Å². The number of aryl methyl sites for hydroxylation is 1. The molecule has 0 fully saturated rings. The predicted molar refractivity (Wildman–Crippen MR) is 142 cm³/mol. The van der Waals surface area contributed by atoms with Gasteiger partial charge in [-0.1, -0.05) is 18.2 Å². The molecule has 0 atom stereocenters. The summed E-state index contributed by atoms with van der Waals surface area (Å²) in [5, 5.41) is 8.41. The number of alkyl halides is 3. The van der Waals surface area contributed by atoms with E-state index in [2.05, 4.69) is 25.9 Å². The molecule has 0 saturated carbocycles. The minimum absolute atomic E-state index is 0.142. The first-order chi connectivity index (χ1) is 18.6. The predicted octanol–water partition coefficient (Wildman–Crippen LogP) is 5.93. The molecule has 5 N–H and O–H groups in total. The summed E-state index contributed by atoms with van der Waals surface area (Å²) in [6.07, 6.45) is -2.97. The average Bonchev–Trinajstić information content (AvgIpc) is 2.89. The van der Waals surface area contributed by atoms with Crippen LogP contribution in [0.5, 0.6) is 0 Å². The van der Waals surface area contributed by atoms with Crippen molar-refractivity contribution in [2.75, 3.05) is 26.6 Å². The molecule has 4 aromatic rings.